The highest BCUT2D eigenvalue weighted by Gasteiger charge is 2.35. The van der Waals surface area contributed by atoms with Gasteiger partial charge in [0.25, 0.3) is 0 Å². The van der Waals surface area contributed by atoms with Crippen LogP contribution in [0.5, 0.6) is 0 Å². The molecule has 1 saturated heterocycles. The Morgan fingerprint density at radius 2 is 2.05 bits per heavy atom. The van der Waals surface area contributed by atoms with Crippen molar-refractivity contribution in [1.29, 1.82) is 0 Å². The Morgan fingerprint density at radius 1 is 1.35 bits per heavy atom. The maximum absolute atomic E-state index is 6.00. The van der Waals surface area contributed by atoms with E-state index in [1.165, 1.54) is 11.1 Å². The maximum Gasteiger partial charge on any atom is 0.0654 e. The Balaban J connectivity index is 2.17. The molecular formula is C18H29NO. The van der Waals surface area contributed by atoms with Crippen LogP contribution in [0, 0.1) is 12.8 Å². The first-order valence-electron chi connectivity index (χ1n) is 7.98. The lowest BCUT2D eigenvalue weighted by atomic mass is 9.74. The Bertz CT molecular complexity index is 414. The van der Waals surface area contributed by atoms with Crippen LogP contribution in [0.15, 0.2) is 24.3 Å². The Labute approximate surface area is 123 Å². The molecule has 0 spiro atoms. The summed E-state index contributed by atoms with van der Waals surface area (Å²) in [6.07, 6.45) is 4.48. The van der Waals surface area contributed by atoms with Crippen molar-refractivity contribution >= 4 is 0 Å². The van der Waals surface area contributed by atoms with E-state index in [1.807, 2.05) is 0 Å². The molecule has 2 heteroatoms. The second-order valence-electron chi connectivity index (χ2n) is 6.50. The summed E-state index contributed by atoms with van der Waals surface area (Å²) in [7, 11) is 0. The van der Waals surface area contributed by atoms with Crippen molar-refractivity contribution in [1.82, 2.24) is 0 Å². The average molecular weight is 275 g/mol. The van der Waals surface area contributed by atoms with E-state index in [1.54, 1.807) is 0 Å². The van der Waals surface area contributed by atoms with Gasteiger partial charge in [-0.2, -0.15) is 0 Å². The van der Waals surface area contributed by atoms with Crippen LogP contribution in [-0.4, -0.2) is 18.8 Å². The average Bonchev–Trinajstić information content (AvgIpc) is 2.46. The van der Waals surface area contributed by atoms with Crippen LogP contribution in [0.2, 0.25) is 0 Å². The summed E-state index contributed by atoms with van der Waals surface area (Å²) in [5, 5.41) is 0. The molecule has 112 valence electrons. The number of rotatable bonds is 5. The number of aryl methyl sites for hydroxylation is 1. The van der Waals surface area contributed by atoms with Gasteiger partial charge in [0, 0.05) is 6.61 Å². The zero-order valence-electron chi connectivity index (χ0n) is 13.2. The minimum atomic E-state index is 0.0560. The highest BCUT2D eigenvalue weighted by Crippen LogP contribution is 2.41. The van der Waals surface area contributed by atoms with Gasteiger partial charge in [0.15, 0.2) is 0 Å². The van der Waals surface area contributed by atoms with Crippen LogP contribution in [0.25, 0.3) is 0 Å². The molecule has 2 rings (SSSR count). The second-order valence-corrected chi connectivity index (χ2v) is 6.50. The van der Waals surface area contributed by atoms with Gasteiger partial charge >= 0.3 is 0 Å². The Kier molecular flexibility index (Phi) is 5.22. The summed E-state index contributed by atoms with van der Waals surface area (Å²) in [6, 6.07) is 9.01. The number of benzene rings is 1. The number of hydrogen-bond donors (Lipinski definition) is 1. The van der Waals surface area contributed by atoms with E-state index >= 15 is 0 Å². The first-order chi connectivity index (χ1) is 9.58. The molecule has 0 radical (unpaired) electrons. The van der Waals surface area contributed by atoms with Gasteiger partial charge in [0.2, 0.25) is 0 Å². The summed E-state index contributed by atoms with van der Waals surface area (Å²) in [5.74, 6) is 1.27. The van der Waals surface area contributed by atoms with E-state index in [0.717, 1.165) is 38.8 Å². The SMILES string of the molecule is CC[C@]1(C)C[C@H]([C@@H](CCN)c2ccc(C)cc2)CCO1. The Morgan fingerprint density at radius 3 is 2.65 bits per heavy atom. The van der Waals surface area contributed by atoms with Crippen molar-refractivity contribution < 1.29 is 4.74 Å². The molecule has 3 atom stereocenters. The standard InChI is InChI=1S/C18H29NO/c1-4-18(3)13-16(10-12-20-18)17(9-11-19)15-7-5-14(2)6-8-15/h5-8,16-17H,4,9-13,19H2,1-3H3/t16-,17+,18-/m1/s1. The third kappa shape index (κ3) is 3.62. The van der Waals surface area contributed by atoms with Gasteiger partial charge in [0.05, 0.1) is 5.60 Å². The van der Waals surface area contributed by atoms with Crippen LogP contribution in [0.3, 0.4) is 0 Å². The highest BCUT2D eigenvalue weighted by atomic mass is 16.5. The lowest BCUT2D eigenvalue weighted by Crippen LogP contribution is -2.38. The van der Waals surface area contributed by atoms with Gasteiger partial charge in [-0.1, -0.05) is 36.8 Å². The van der Waals surface area contributed by atoms with Gasteiger partial charge < -0.3 is 10.5 Å². The van der Waals surface area contributed by atoms with Gasteiger partial charge in [-0.3, -0.25) is 0 Å². The summed E-state index contributed by atoms with van der Waals surface area (Å²) in [4.78, 5) is 0. The molecule has 0 aliphatic carbocycles. The van der Waals surface area contributed by atoms with Crippen molar-refractivity contribution in [3.63, 3.8) is 0 Å². The topological polar surface area (TPSA) is 35.2 Å². The normalized spacial score (nSPS) is 28.3. The fourth-order valence-electron chi connectivity index (χ4n) is 3.43. The van der Waals surface area contributed by atoms with Crippen molar-refractivity contribution in [3.8, 4) is 0 Å². The molecule has 0 bridgehead atoms. The minimum Gasteiger partial charge on any atom is -0.375 e. The third-order valence-corrected chi connectivity index (χ3v) is 4.93. The molecular weight excluding hydrogens is 246 g/mol. The summed E-state index contributed by atoms with van der Waals surface area (Å²) >= 11 is 0. The number of nitrogens with two attached hydrogens (primary N) is 1. The molecule has 0 aromatic heterocycles. The largest absolute Gasteiger partial charge is 0.375 e. The molecule has 0 saturated carbocycles. The molecule has 1 fully saturated rings. The van der Waals surface area contributed by atoms with E-state index in [9.17, 15) is 0 Å². The van der Waals surface area contributed by atoms with Crippen molar-refractivity contribution in [2.75, 3.05) is 13.2 Å². The van der Waals surface area contributed by atoms with Gasteiger partial charge in [0.1, 0.15) is 0 Å². The molecule has 1 aromatic carbocycles. The van der Waals surface area contributed by atoms with Gasteiger partial charge in [-0.15, -0.1) is 0 Å². The van der Waals surface area contributed by atoms with Crippen molar-refractivity contribution in [2.45, 2.75) is 58.0 Å². The first kappa shape index (κ1) is 15.5. The first-order valence-corrected chi connectivity index (χ1v) is 7.98. The van der Waals surface area contributed by atoms with E-state index in [4.69, 9.17) is 10.5 Å². The van der Waals surface area contributed by atoms with Crippen molar-refractivity contribution in [2.24, 2.45) is 11.7 Å². The second kappa shape index (κ2) is 6.73. The fourth-order valence-corrected chi connectivity index (χ4v) is 3.43. The van der Waals surface area contributed by atoms with Crippen molar-refractivity contribution in [3.05, 3.63) is 35.4 Å². The summed E-state index contributed by atoms with van der Waals surface area (Å²) in [5.41, 5.74) is 8.70. The lowest BCUT2D eigenvalue weighted by molar-refractivity contribution is -0.0914. The van der Waals surface area contributed by atoms with E-state index in [0.29, 0.717) is 11.8 Å². The molecule has 0 unspecified atom stereocenters. The van der Waals surface area contributed by atoms with E-state index < -0.39 is 0 Å². The summed E-state index contributed by atoms with van der Waals surface area (Å²) in [6.45, 7) is 8.28. The number of ether oxygens (including phenoxy) is 1. The van der Waals surface area contributed by atoms with Crippen LogP contribution in [0.4, 0.5) is 0 Å². The third-order valence-electron chi connectivity index (χ3n) is 4.93. The molecule has 1 heterocycles. The zero-order valence-corrected chi connectivity index (χ0v) is 13.2. The fraction of sp³-hybridized carbons (Fsp3) is 0.667. The molecule has 0 amide bonds. The molecule has 1 aliphatic rings. The van der Waals surface area contributed by atoms with Crippen LogP contribution in [-0.2, 0) is 4.74 Å². The predicted molar refractivity (Wildman–Crippen MR) is 85.0 cm³/mol. The molecule has 2 N–H and O–H groups in total. The quantitative estimate of drug-likeness (QED) is 0.880. The lowest BCUT2D eigenvalue weighted by Gasteiger charge is -2.41. The highest BCUT2D eigenvalue weighted by molar-refractivity contribution is 5.25. The number of hydrogen-bond acceptors (Lipinski definition) is 2. The molecule has 20 heavy (non-hydrogen) atoms. The molecule has 1 aromatic rings. The smallest absolute Gasteiger partial charge is 0.0654 e. The Hall–Kier alpha value is -0.860. The summed E-state index contributed by atoms with van der Waals surface area (Å²) < 4.78 is 6.00. The van der Waals surface area contributed by atoms with Crippen LogP contribution in [0.1, 0.15) is 56.6 Å². The van der Waals surface area contributed by atoms with E-state index in [2.05, 4.69) is 45.0 Å². The van der Waals surface area contributed by atoms with Crippen LogP contribution >= 0.6 is 0 Å². The van der Waals surface area contributed by atoms with E-state index in [-0.39, 0.29) is 5.60 Å². The predicted octanol–water partition coefficient (Wildman–Crippen LogP) is 4.02. The van der Waals surface area contributed by atoms with Gasteiger partial charge in [-0.25, -0.2) is 0 Å². The zero-order chi connectivity index (χ0) is 14.6. The van der Waals surface area contributed by atoms with Crippen LogP contribution < -0.4 is 5.73 Å². The minimum absolute atomic E-state index is 0.0560. The maximum atomic E-state index is 6.00. The monoisotopic (exact) mass is 275 g/mol. The van der Waals surface area contributed by atoms with Gasteiger partial charge in [-0.05, 0) is 63.5 Å². The molecule has 1 aliphatic heterocycles. The molecule has 2 nitrogen and oxygen atoms in total.